The van der Waals surface area contributed by atoms with E-state index in [2.05, 4.69) is 15.0 Å². The van der Waals surface area contributed by atoms with Crippen molar-refractivity contribution >= 4 is 12.4 Å². The van der Waals surface area contributed by atoms with Gasteiger partial charge in [0.1, 0.15) is 11.5 Å². The van der Waals surface area contributed by atoms with Crippen molar-refractivity contribution in [1.29, 1.82) is 0 Å². The molecule has 8 heteroatoms. The van der Waals surface area contributed by atoms with Gasteiger partial charge in [-0.15, -0.1) is 25.6 Å². The summed E-state index contributed by atoms with van der Waals surface area (Å²) >= 11 is 0. The van der Waals surface area contributed by atoms with E-state index < -0.39 is 6.36 Å². The van der Waals surface area contributed by atoms with Crippen LogP contribution in [0, 0.1) is 0 Å². The standard InChI is InChI=1S/C14H19F3N2O2.ClH/c1-10(19-7-5-18-6-8-19)12-9-11(21-14(15,16)17)3-4-13(12)20-2;/h3-4,9-10,18H,5-8H2,1-2H3;1H/t10-;/m0./s1. The van der Waals surface area contributed by atoms with Gasteiger partial charge in [-0.3, -0.25) is 4.90 Å². The summed E-state index contributed by atoms with van der Waals surface area (Å²) in [6.07, 6.45) is -4.69. The number of rotatable bonds is 4. The average Bonchev–Trinajstić information content (AvgIpc) is 2.45. The Labute approximate surface area is 134 Å². The van der Waals surface area contributed by atoms with Crippen molar-refractivity contribution in [2.24, 2.45) is 0 Å². The maximum Gasteiger partial charge on any atom is 0.573 e. The van der Waals surface area contributed by atoms with Crippen LogP contribution in [-0.4, -0.2) is 44.6 Å². The molecule has 1 aromatic carbocycles. The number of methoxy groups -OCH3 is 1. The SMILES string of the molecule is COc1ccc(OC(F)(F)F)cc1[C@H](C)N1CCNCC1.Cl. The predicted molar refractivity (Wildman–Crippen MR) is 79.8 cm³/mol. The van der Waals surface area contributed by atoms with Crippen LogP contribution >= 0.6 is 12.4 Å². The molecule has 1 heterocycles. The van der Waals surface area contributed by atoms with Crippen LogP contribution in [0.3, 0.4) is 0 Å². The first kappa shape index (κ1) is 18.9. The molecular weight excluding hydrogens is 321 g/mol. The largest absolute Gasteiger partial charge is 0.573 e. The first-order valence-electron chi connectivity index (χ1n) is 6.79. The quantitative estimate of drug-likeness (QED) is 0.913. The summed E-state index contributed by atoms with van der Waals surface area (Å²) in [4.78, 5) is 2.20. The topological polar surface area (TPSA) is 33.7 Å². The fraction of sp³-hybridized carbons (Fsp3) is 0.571. The van der Waals surface area contributed by atoms with E-state index in [4.69, 9.17) is 4.74 Å². The highest BCUT2D eigenvalue weighted by Gasteiger charge is 2.32. The summed E-state index contributed by atoms with van der Waals surface area (Å²) in [5.41, 5.74) is 0.696. The van der Waals surface area contributed by atoms with Crippen molar-refractivity contribution in [3.8, 4) is 11.5 Å². The number of benzene rings is 1. The third-order valence-corrected chi connectivity index (χ3v) is 3.58. The molecule has 0 aromatic heterocycles. The Kier molecular flexibility index (Phi) is 6.77. The molecule has 1 aliphatic heterocycles. The van der Waals surface area contributed by atoms with E-state index in [9.17, 15) is 13.2 Å². The second-order valence-corrected chi connectivity index (χ2v) is 4.91. The van der Waals surface area contributed by atoms with Crippen molar-refractivity contribution in [3.05, 3.63) is 23.8 Å². The molecule has 1 fully saturated rings. The highest BCUT2D eigenvalue weighted by molar-refractivity contribution is 5.85. The number of nitrogens with one attached hydrogen (secondary N) is 1. The van der Waals surface area contributed by atoms with E-state index in [0.717, 1.165) is 26.2 Å². The van der Waals surface area contributed by atoms with E-state index in [-0.39, 0.29) is 24.2 Å². The van der Waals surface area contributed by atoms with Crippen molar-refractivity contribution in [2.45, 2.75) is 19.3 Å². The van der Waals surface area contributed by atoms with Gasteiger partial charge in [0.25, 0.3) is 0 Å². The monoisotopic (exact) mass is 340 g/mol. The molecule has 1 aromatic rings. The lowest BCUT2D eigenvalue weighted by atomic mass is 10.0. The van der Waals surface area contributed by atoms with Crippen molar-refractivity contribution < 1.29 is 22.6 Å². The van der Waals surface area contributed by atoms with Crippen molar-refractivity contribution in [1.82, 2.24) is 10.2 Å². The number of piperazine rings is 1. The molecule has 1 atom stereocenters. The Morgan fingerprint density at radius 1 is 1.23 bits per heavy atom. The van der Waals surface area contributed by atoms with Gasteiger partial charge in [-0.25, -0.2) is 0 Å². The van der Waals surface area contributed by atoms with Crippen LogP contribution < -0.4 is 14.8 Å². The molecule has 0 bridgehead atoms. The second kappa shape index (κ2) is 7.89. The fourth-order valence-electron chi connectivity index (χ4n) is 2.50. The zero-order chi connectivity index (χ0) is 15.5. The minimum Gasteiger partial charge on any atom is -0.496 e. The van der Waals surface area contributed by atoms with Gasteiger partial charge >= 0.3 is 6.36 Å². The van der Waals surface area contributed by atoms with Crippen LogP contribution in [0.15, 0.2) is 18.2 Å². The van der Waals surface area contributed by atoms with Crippen LogP contribution in [0.1, 0.15) is 18.5 Å². The van der Waals surface area contributed by atoms with Crippen LogP contribution in [0.2, 0.25) is 0 Å². The lowest BCUT2D eigenvalue weighted by molar-refractivity contribution is -0.274. The molecule has 0 amide bonds. The number of alkyl halides is 3. The Balaban J connectivity index is 0.00000242. The van der Waals surface area contributed by atoms with Gasteiger partial charge in [0.2, 0.25) is 0 Å². The first-order chi connectivity index (χ1) is 9.90. The molecule has 0 saturated carbocycles. The Morgan fingerprint density at radius 3 is 2.41 bits per heavy atom. The van der Waals surface area contributed by atoms with Gasteiger partial charge in [0.05, 0.1) is 7.11 Å². The molecule has 4 nitrogen and oxygen atoms in total. The summed E-state index contributed by atoms with van der Waals surface area (Å²) < 4.78 is 46.3. The highest BCUT2D eigenvalue weighted by atomic mass is 35.5. The predicted octanol–water partition coefficient (Wildman–Crippen LogP) is 2.98. The average molecular weight is 341 g/mol. The number of hydrogen-bond donors (Lipinski definition) is 1. The molecule has 22 heavy (non-hydrogen) atoms. The normalized spacial score (nSPS) is 17.5. The minimum absolute atomic E-state index is 0. The second-order valence-electron chi connectivity index (χ2n) is 4.91. The van der Waals surface area contributed by atoms with Crippen LogP contribution in [-0.2, 0) is 0 Å². The Morgan fingerprint density at radius 2 is 1.86 bits per heavy atom. The summed E-state index contributed by atoms with van der Waals surface area (Å²) in [6, 6.07) is 4.13. The van der Waals surface area contributed by atoms with E-state index in [1.165, 1.54) is 25.3 Å². The molecule has 0 aliphatic carbocycles. The molecule has 2 rings (SSSR count). The number of halogens is 4. The summed E-state index contributed by atoms with van der Waals surface area (Å²) in [7, 11) is 1.51. The van der Waals surface area contributed by atoms with E-state index >= 15 is 0 Å². The Bertz CT molecular complexity index is 480. The zero-order valence-corrected chi connectivity index (χ0v) is 13.3. The molecule has 1 N–H and O–H groups in total. The van der Waals surface area contributed by atoms with E-state index in [0.29, 0.717) is 11.3 Å². The minimum atomic E-state index is -4.69. The maximum absolute atomic E-state index is 12.3. The molecule has 0 radical (unpaired) electrons. The molecule has 1 saturated heterocycles. The van der Waals surface area contributed by atoms with Crippen LogP contribution in [0.25, 0.3) is 0 Å². The lowest BCUT2D eigenvalue weighted by Gasteiger charge is -2.33. The molecule has 1 aliphatic rings. The number of nitrogens with zero attached hydrogens (tertiary/aromatic N) is 1. The zero-order valence-electron chi connectivity index (χ0n) is 12.4. The summed E-state index contributed by atoms with van der Waals surface area (Å²) in [5, 5.41) is 3.25. The van der Waals surface area contributed by atoms with Gasteiger partial charge in [-0.2, -0.15) is 0 Å². The molecule has 0 spiro atoms. The first-order valence-corrected chi connectivity index (χ1v) is 6.79. The van der Waals surface area contributed by atoms with Crippen molar-refractivity contribution in [2.75, 3.05) is 33.3 Å². The molecule has 126 valence electrons. The van der Waals surface area contributed by atoms with Gasteiger partial charge in [-0.1, -0.05) is 0 Å². The van der Waals surface area contributed by atoms with Gasteiger partial charge < -0.3 is 14.8 Å². The third kappa shape index (κ3) is 4.93. The maximum atomic E-state index is 12.3. The number of hydrogen-bond acceptors (Lipinski definition) is 4. The van der Waals surface area contributed by atoms with Crippen LogP contribution in [0.5, 0.6) is 11.5 Å². The number of ether oxygens (including phenoxy) is 2. The summed E-state index contributed by atoms with van der Waals surface area (Å²) in [6.45, 7) is 5.38. The lowest BCUT2D eigenvalue weighted by Crippen LogP contribution is -2.44. The van der Waals surface area contributed by atoms with Gasteiger partial charge in [-0.05, 0) is 25.1 Å². The van der Waals surface area contributed by atoms with Gasteiger partial charge in [0, 0.05) is 37.8 Å². The van der Waals surface area contributed by atoms with Gasteiger partial charge in [0.15, 0.2) is 0 Å². The van der Waals surface area contributed by atoms with Crippen molar-refractivity contribution in [3.63, 3.8) is 0 Å². The van der Waals surface area contributed by atoms with E-state index in [1.54, 1.807) is 0 Å². The smallest absolute Gasteiger partial charge is 0.496 e. The summed E-state index contributed by atoms with van der Waals surface area (Å²) in [5.74, 6) is 0.343. The molecule has 0 unspecified atom stereocenters. The fourth-order valence-corrected chi connectivity index (χ4v) is 2.50. The van der Waals surface area contributed by atoms with E-state index in [1.807, 2.05) is 6.92 Å². The van der Waals surface area contributed by atoms with Crippen LogP contribution in [0.4, 0.5) is 13.2 Å². The molecular formula is C14H20ClF3N2O2. The third-order valence-electron chi connectivity index (χ3n) is 3.58. The highest BCUT2D eigenvalue weighted by Crippen LogP contribution is 2.34. The Hall–Kier alpha value is -1.18.